The van der Waals surface area contributed by atoms with Crippen LogP contribution in [0.15, 0.2) is 40.6 Å². The predicted octanol–water partition coefficient (Wildman–Crippen LogP) is 3.22. The molecule has 1 aromatic carbocycles. The molecule has 1 rings (SSSR count). The zero-order valence-electron chi connectivity index (χ0n) is 8.06. The molecule has 0 aliphatic carbocycles. The largest absolute Gasteiger partial charge is 0.0935 e. The fourth-order valence-electron chi connectivity index (χ4n) is 1.23. The lowest BCUT2D eigenvalue weighted by molar-refractivity contribution is 0.671. The van der Waals surface area contributed by atoms with Gasteiger partial charge in [0.15, 0.2) is 0 Å². The third-order valence-electron chi connectivity index (χ3n) is 1.88. The summed E-state index contributed by atoms with van der Waals surface area (Å²) in [5, 5.41) is 6.98. The van der Waals surface area contributed by atoms with E-state index in [9.17, 15) is 0 Å². The SMILES string of the molecule is [N-]=[N+]=NCC(Cc1ccccc1)N=[N+]=[N-]. The Morgan fingerprint density at radius 3 is 2.47 bits per heavy atom. The fraction of sp³-hybridized carbons (Fsp3) is 0.333. The minimum atomic E-state index is -0.312. The summed E-state index contributed by atoms with van der Waals surface area (Å²) < 4.78 is 0. The second kappa shape index (κ2) is 6.32. The maximum Gasteiger partial charge on any atom is 0.0470 e. The average Bonchev–Trinajstić information content (AvgIpc) is 2.28. The maximum absolute atomic E-state index is 8.34. The van der Waals surface area contributed by atoms with Crippen LogP contribution in [0.1, 0.15) is 5.56 Å². The molecule has 6 nitrogen and oxygen atoms in total. The highest BCUT2D eigenvalue weighted by Crippen LogP contribution is 2.06. The Morgan fingerprint density at radius 2 is 1.87 bits per heavy atom. The van der Waals surface area contributed by atoms with Crippen molar-refractivity contribution in [2.45, 2.75) is 12.5 Å². The molecule has 0 radical (unpaired) electrons. The average molecular weight is 202 g/mol. The van der Waals surface area contributed by atoms with Gasteiger partial charge in [0.05, 0.1) is 0 Å². The van der Waals surface area contributed by atoms with Crippen LogP contribution in [-0.4, -0.2) is 12.6 Å². The Labute approximate surface area is 86.8 Å². The highest BCUT2D eigenvalue weighted by Gasteiger charge is 2.05. The van der Waals surface area contributed by atoms with Crippen molar-refractivity contribution in [3.05, 3.63) is 56.8 Å². The standard InChI is InChI=1S/C9H10N6/c10-14-12-7-9(13-15-11)6-8-4-2-1-3-5-8/h1-5,9H,6-7H2. The number of hydrogen-bond acceptors (Lipinski definition) is 2. The van der Waals surface area contributed by atoms with Gasteiger partial charge in [-0.05, 0) is 23.0 Å². The first kappa shape index (κ1) is 10.9. The van der Waals surface area contributed by atoms with Gasteiger partial charge in [-0.15, -0.1) is 0 Å². The molecule has 15 heavy (non-hydrogen) atoms. The van der Waals surface area contributed by atoms with Crippen LogP contribution in [0, 0.1) is 0 Å². The van der Waals surface area contributed by atoms with Gasteiger partial charge in [0.1, 0.15) is 0 Å². The van der Waals surface area contributed by atoms with Crippen molar-refractivity contribution in [2.24, 2.45) is 10.2 Å². The molecule has 0 saturated carbocycles. The molecule has 76 valence electrons. The van der Waals surface area contributed by atoms with Crippen molar-refractivity contribution >= 4 is 0 Å². The lowest BCUT2D eigenvalue weighted by Crippen LogP contribution is -2.11. The maximum atomic E-state index is 8.34. The van der Waals surface area contributed by atoms with Gasteiger partial charge in [-0.2, -0.15) is 0 Å². The van der Waals surface area contributed by atoms with Crippen molar-refractivity contribution in [3.63, 3.8) is 0 Å². The van der Waals surface area contributed by atoms with Crippen molar-refractivity contribution in [1.29, 1.82) is 0 Å². The van der Waals surface area contributed by atoms with Crippen LogP contribution < -0.4 is 0 Å². The first-order valence-corrected chi connectivity index (χ1v) is 4.46. The molecule has 0 amide bonds. The van der Waals surface area contributed by atoms with Crippen LogP contribution in [0.3, 0.4) is 0 Å². The zero-order chi connectivity index (χ0) is 10.9. The van der Waals surface area contributed by atoms with Crippen LogP contribution in [0.5, 0.6) is 0 Å². The lowest BCUT2D eigenvalue weighted by atomic mass is 10.1. The molecule has 0 N–H and O–H groups in total. The molecule has 1 unspecified atom stereocenters. The van der Waals surface area contributed by atoms with E-state index in [-0.39, 0.29) is 12.6 Å². The van der Waals surface area contributed by atoms with E-state index in [2.05, 4.69) is 20.1 Å². The van der Waals surface area contributed by atoms with Gasteiger partial charge < -0.3 is 0 Å². The van der Waals surface area contributed by atoms with Crippen LogP contribution in [0.25, 0.3) is 20.9 Å². The molecule has 6 heteroatoms. The van der Waals surface area contributed by atoms with E-state index in [4.69, 9.17) is 11.1 Å². The fourth-order valence-corrected chi connectivity index (χ4v) is 1.23. The summed E-state index contributed by atoms with van der Waals surface area (Å²) in [6, 6.07) is 9.31. The van der Waals surface area contributed by atoms with Gasteiger partial charge in [-0.25, -0.2) is 0 Å². The Hall–Kier alpha value is -2.16. The first-order valence-electron chi connectivity index (χ1n) is 4.46. The zero-order valence-corrected chi connectivity index (χ0v) is 8.06. The van der Waals surface area contributed by atoms with E-state index < -0.39 is 0 Å². The number of hydrogen-bond donors (Lipinski definition) is 0. The number of nitrogens with zero attached hydrogens (tertiary/aromatic N) is 6. The summed E-state index contributed by atoms with van der Waals surface area (Å²) in [5.41, 5.74) is 17.6. The smallest absolute Gasteiger partial charge is 0.0470 e. The summed E-state index contributed by atoms with van der Waals surface area (Å²) in [7, 11) is 0. The third-order valence-corrected chi connectivity index (χ3v) is 1.88. The Kier molecular flexibility index (Phi) is 4.60. The molecule has 0 saturated heterocycles. The predicted molar refractivity (Wildman–Crippen MR) is 57.1 cm³/mol. The van der Waals surface area contributed by atoms with E-state index in [0.29, 0.717) is 6.42 Å². The van der Waals surface area contributed by atoms with Crippen LogP contribution in [0.4, 0.5) is 0 Å². The third kappa shape index (κ3) is 4.04. The topological polar surface area (TPSA) is 97.5 Å². The van der Waals surface area contributed by atoms with E-state index in [1.165, 1.54) is 0 Å². The number of benzene rings is 1. The second-order valence-corrected chi connectivity index (χ2v) is 2.96. The van der Waals surface area contributed by atoms with E-state index >= 15 is 0 Å². The summed E-state index contributed by atoms with van der Waals surface area (Å²) in [4.78, 5) is 5.37. The van der Waals surface area contributed by atoms with Crippen molar-refractivity contribution in [2.75, 3.05) is 6.54 Å². The van der Waals surface area contributed by atoms with Gasteiger partial charge in [0.2, 0.25) is 0 Å². The molecule has 0 bridgehead atoms. The minimum absolute atomic E-state index is 0.190. The van der Waals surface area contributed by atoms with Crippen LogP contribution >= 0.6 is 0 Å². The Balaban J connectivity index is 2.66. The molecular weight excluding hydrogens is 192 g/mol. The van der Waals surface area contributed by atoms with E-state index in [1.54, 1.807) is 0 Å². The van der Waals surface area contributed by atoms with Gasteiger partial charge in [-0.1, -0.05) is 40.6 Å². The molecular formula is C9H10N6. The number of azide groups is 2. The molecule has 1 atom stereocenters. The quantitative estimate of drug-likeness (QED) is 0.398. The summed E-state index contributed by atoms with van der Waals surface area (Å²) in [6.07, 6.45) is 0.587. The minimum Gasteiger partial charge on any atom is -0.0935 e. The Bertz CT molecular complexity index is 388. The first-order chi connectivity index (χ1) is 7.36. The van der Waals surface area contributed by atoms with Gasteiger partial charge in [0, 0.05) is 22.4 Å². The van der Waals surface area contributed by atoms with Gasteiger partial charge in [-0.3, -0.25) is 0 Å². The monoisotopic (exact) mass is 202 g/mol. The van der Waals surface area contributed by atoms with Crippen molar-refractivity contribution < 1.29 is 0 Å². The van der Waals surface area contributed by atoms with E-state index in [0.717, 1.165) is 5.56 Å². The molecule has 1 aromatic rings. The van der Waals surface area contributed by atoms with Gasteiger partial charge in [0.25, 0.3) is 0 Å². The highest BCUT2D eigenvalue weighted by molar-refractivity contribution is 5.16. The molecule has 0 heterocycles. The highest BCUT2D eigenvalue weighted by atomic mass is 15.2. The Morgan fingerprint density at radius 1 is 1.13 bits per heavy atom. The molecule has 0 aromatic heterocycles. The lowest BCUT2D eigenvalue weighted by Gasteiger charge is -2.06. The molecule has 0 spiro atoms. The molecule has 0 fully saturated rings. The number of rotatable bonds is 5. The van der Waals surface area contributed by atoms with Crippen LogP contribution in [-0.2, 0) is 6.42 Å². The van der Waals surface area contributed by atoms with Crippen molar-refractivity contribution in [1.82, 2.24) is 0 Å². The van der Waals surface area contributed by atoms with Crippen molar-refractivity contribution in [3.8, 4) is 0 Å². The molecule has 0 aliphatic rings. The summed E-state index contributed by atoms with van der Waals surface area (Å²) >= 11 is 0. The summed E-state index contributed by atoms with van der Waals surface area (Å²) in [5.74, 6) is 0. The van der Waals surface area contributed by atoms with Crippen LogP contribution in [0.2, 0.25) is 0 Å². The van der Waals surface area contributed by atoms with E-state index in [1.807, 2.05) is 30.3 Å². The van der Waals surface area contributed by atoms with Gasteiger partial charge >= 0.3 is 0 Å². The summed E-state index contributed by atoms with van der Waals surface area (Å²) in [6.45, 7) is 0.190. The normalized spacial score (nSPS) is 10.9. The second-order valence-electron chi connectivity index (χ2n) is 2.96. The molecule has 0 aliphatic heterocycles.